The fraction of sp³-hybridized carbons (Fsp3) is 0.647. The van der Waals surface area contributed by atoms with Crippen molar-refractivity contribution < 1.29 is 0 Å². The Balaban J connectivity index is 1.88. The second-order valence-corrected chi connectivity index (χ2v) is 6.18. The lowest BCUT2D eigenvalue weighted by Gasteiger charge is -2.21. The minimum Gasteiger partial charge on any atom is -0.330 e. The number of fused-ring (bicyclic) bond motifs is 1. The van der Waals surface area contributed by atoms with Crippen LogP contribution in [0, 0.1) is 5.92 Å². The summed E-state index contributed by atoms with van der Waals surface area (Å²) < 4.78 is 0. The topological polar surface area (TPSA) is 29.3 Å². The first-order valence-electron chi connectivity index (χ1n) is 7.68. The third-order valence-corrected chi connectivity index (χ3v) is 4.27. The van der Waals surface area contributed by atoms with Crippen LogP contribution >= 0.6 is 0 Å². The molecule has 2 N–H and O–H groups in total. The van der Waals surface area contributed by atoms with Crippen molar-refractivity contribution in [1.82, 2.24) is 4.90 Å². The number of hydrogen-bond acceptors (Lipinski definition) is 2. The Kier molecular flexibility index (Phi) is 5.41. The van der Waals surface area contributed by atoms with Crippen LogP contribution in [0.1, 0.15) is 42.9 Å². The standard InChI is InChI=1S/C17H28N2/c1-14(12-18)9-10-19(2)13-15-7-8-16-5-3-4-6-17(16)11-15/h7-8,11,14H,3-6,9-10,12-13,18H2,1-2H3. The van der Waals surface area contributed by atoms with E-state index in [2.05, 4.69) is 37.1 Å². The van der Waals surface area contributed by atoms with Crippen LogP contribution in [0.2, 0.25) is 0 Å². The molecule has 0 spiro atoms. The Labute approximate surface area is 118 Å². The van der Waals surface area contributed by atoms with E-state index < -0.39 is 0 Å². The predicted octanol–water partition coefficient (Wildman–Crippen LogP) is 2.98. The fourth-order valence-electron chi connectivity index (χ4n) is 2.83. The molecule has 0 radical (unpaired) electrons. The second-order valence-electron chi connectivity index (χ2n) is 6.18. The molecule has 0 amide bonds. The summed E-state index contributed by atoms with van der Waals surface area (Å²) in [6, 6.07) is 7.09. The van der Waals surface area contributed by atoms with Gasteiger partial charge in [0.15, 0.2) is 0 Å². The molecule has 0 saturated heterocycles. The molecule has 1 unspecified atom stereocenters. The molecule has 0 bridgehead atoms. The third kappa shape index (κ3) is 4.32. The van der Waals surface area contributed by atoms with Gasteiger partial charge in [-0.1, -0.05) is 25.1 Å². The zero-order chi connectivity index (χ0) is 13.7. The molecule has 0 heterocycles. The SMILES string of the molecule is CC(CN)CCN(C)Cc1ccc2c(c1)CCCC2. The van der Waals surface area contributed by atoms with Gasteiger partial charge in [-0.3, -0.25) is 0 Å². The molecule has 106 valence electrons. The molecule has 2 rings (SSSR count). The van der Waals surface area contributed by atoms with Crippen LogP contribution in [-0.4, -0.2) is 25.0 Å². The van der Waals surface area contributed by atoms with Gasteiger partial charge in [-0.25, -0.2) is 0 Å². The summed E-state index contributed by atoms with van der Waals surface area (Å²) in [6.07, 6.45) is 6.47. The molecule has 1 atom stereocenters. The summed E-state index contributed by atoms with van der Waals surface area (Å²) in [5.41, 5.74) is 10.3. The Morgan fingerprint density at radius 2 is 1.95 bits per heavy atom. The van der Waals surface area contributed by atoms with Gasteiger partial charge in [0.1, 0.15) is 0 Å². The molecule has 1 aliphatic rings. The molecule has 0 saturated carbocycles. The maximum atomic E-state index is 5.67. The molecule has 2 heteroatoms. The smallest absolute Gasteiger partial charge is 0.0230 e. The van der Waals surface area contributed by atoms with E-state index in [9.17, 15) is 0 Å². The molecule has 0 aliphatic heterocycles. The van der Waals surface area contributed by atoms with E-state index in [1.165, 1.54) is 37.7 Å². The summed E-state index contributed by atoms with van der Waals surface area (Å²) in [6.45, 7) is 5.22. The van der Waals surface area contributed by atoms with Crippen LogP contribution in [0.25, 0.3) is 0 Å². The zero-order valence-electron chi connectivity index (χ0n) is 12.5. The van der Waals surface area contributed by atoms with Crippen LogP contribution < -0.4 is 5.73 Å². The van der Waals surface area contributed by atoms with Gasteiger partial charge in [0, 0.05) is 6.54 Å². The van der Waals surface area contributed by atoms with Gasteiger partial charge in [-0.2, -0.15) is 0 Å². The Morgan fingerprint density at radius 3 is 2.68 bits per heavy atom. The Hall–Kier alpha value is -0.860. The van der Waals surface area contributed by atoms with Crippen LogP contribution in [0.15, 0.2) is 18.2 Å². The molecular weight excluding hydrogens is 232 g/mol. The average Bonchev–Trinajstić information content (AvgIpc) is 2.44. The van der Waals surface area contributed by atoms with Crippen LogP contribution in [0.4, 0.5) is 0 Å². The maximum absolute atomic E-state index is 5.67. The van der Waals surface area contributed by atoms with E-state index in [0.717, 1.165) is 19.6 Å². The maximum Gasteiger partial charge on any atom is 0.0230 e. The fourth-order valence-corrected chi connectivity index (χ4v) is 2.83. The van der Waals surface area contributed by atoms with E-state index in [4.69, 9.17) is 5.73 Å². The molecule has 1 aliphatic carbocycles. The largest absolute Gasteiger partial charge is 0.330 e. The van der Waals surface area contributed by atoms with Gasteiger partial charge in [-0.05, 0) is 74.8 Å². The van der Waals surface area contributed by atoms with Crippen molar-refractivity contribution in [2.45, 2.75) is 45.6 Å². The van der Waals surface area contributed by atoms with Crippen LogP contribution in [0.5, 0.6) is 0 Å². The van der Waals surface area contributed by atoms with Gasteiger partial charge < -0.3 is 10.6 Å². The first-order valence-corrected chi connectivity index (χ1v) is 7.68. The molecule has 1 aromatic rings. The lowest BCUT2D eigenvalue weighted by Crippen LogP contribution is -2.23. The first-order chi connectivity index (χ1) is 9.19. The molecular formula is C17H28N2. The highest BCUT2D eigenvalue weighted by atomic mass is 15.1. The average molecular weight is 260 g/mol. The van der Waals surface area contributed by atoms with Gasteiger partial charge >= 0.3 is 0 Å². The van der Waals surface area contributed by atoms with Gasteiger partial charge in [0.25, 0.3) is 0 Å². The van der Waals surface area contributed by atoms with Gasteiger partial charge in [0.2, 0.25) is 0 Å². The number of rotatable bonds is 6. The normalized spacial score (nSPS) is 16.4. The van der Waals surface area contributed by atoms with Gasteiger partial charge in [0.05, 0.1) is 0 Å². The summed E-state index contributed by atoms with van der Waals surface area (Å²) >= 11 is 0. The zero-order valence-corrected chi connectivity index (χ0v) is 12.5. The van der Waals surface area contributed by atoms with Crippen molar-refractivity contribution in [3.05, 3.63) is 34.9 Å². The number of nitrogens with zero attached hydrogens (tertiary/aromatic N) is 1. The van der Waals surface area contributed by atoms with Crippen molar-refractivity contribution in [3.63, 3.8) is 0 Å². The number of hydrogen-bond donors (Lipinski definition) is 1. The van der Waals surface area contributed by atoms with Crippen molar-refractivity contribution in [1.29, 1.82) is 0 Å². The number of benzene rings is 1. The second kappa shape index (κ2) is 7.06. The highest BCUT2D eigenvalue weighted by Gasteiger charge is 2.10. The van der Waals surface area contributed by atoms with E-state index in [1.54, 1.807) is 11.1 Å². The van der Waals surface area contributed by atoms with Crippen molar-refractivity contribution in [3.8, 4) is 0 Å². The number of nitrogens with two attached hydrogens (primary N) is 1. The monoisotopic (exact) mass is 260 g/mol. The van der Waals surface area contributed by atoms with Crippen LogP contribution in [0.3, 0.4) is 0 Å². The van der Waals surface area contributed by atoms with Crippen LogP contribution in [-0.2, 0) is 19.4 Å². The molecule has 0 aromatic heterocycles. The van der Waals surface area contributed by atoms with E-state index in [1.807, 2.05) is 0 Å². The summed E-state index contributed by atoms with van der Waals surface area (Å²) in [5.74, 6) is 0.631. The molecule has 1 aromatic carbocycles. The first kappa shape index (κ1) is 14.5. The number of aryl methyl sites for hydroxylation is 2. The van der Waals surface area contributed by atoms with E-state index in [-0.39, 0.29) is 0 Å². The third-order valence-electron chi connectivity index (χ3n) is 4.27. The molecule has 2 nitrogen and oxygen atoms in total. The van der Waals surface area contributed by atoms with E-state index >= 15 is 0 Å². The van der Waals surface area contributed by atoms with Crippen molar-refractivity contribution >= 4 is 0 Å². The minimum absolute atomic E-state index is 0.631. The highest BCUT2D eigenvalue weighted by molar-refractivity contribution is 5.33. The predicted molar refractivity (Wildman–Crippen MR) is 82.3 cm³/mol. The minimum atomic E-state index is 0.631. The van der Waals surface area contributed by atoms with Crippen molar-refractivity contribution in [2.75, 3.05) is 20.1 Å². The summed E-state index contributed by atoms with van der Waals surface area (Å²) in [4.78, 5) is 2.41. The summed E-state index contributed by atoms with van der Waals surface area (Å²) in [7, 11) is 2.21. The van der Waals surface area contributed by atoms with Gasteiger partial charge in [-0.15, -0.1) is 0 Å². The highest BCUT2D eigenvalue weighted by Crippen LogP contribution is 2.22. The van der Waals surface area contributed by atoms with E-state index in [0.29, 0.717) is 5.92 Å². The Morgan fingerprint density at radius 1 is 1.21 bits per heavy atom. The quantitative estimate of drug-likeness (QED) is 0.852. The Bertz CT molecular complexity index is 400. The molecule has 19 heavy (non-hydrogen) atoms. The molecule has 0 fully saturated rings. The lowest BCUT2D eigenvalue weighted by molar-refractivity contribution is 0.300. The summed E-state index contributed by atoms with van der Waals surface area (Å²) in [5, 5.41) is 0. The lowest BCUT2D eigenvalue weighted by atomic mass is 9.90. The van der Waals surface area contributed by atoms with Crippen molar-refractivity contribution in [2.24, 2.45) is 11.7 Å².